The minimum Gasteiger partial charge on any atom is -0.465 e. The first-order valence-corrected chi connectivity index (χ1v) is 21.0. The fourth-order valence-corrected chi connectivity index (χ4v) is 13.1. The van der Waals surface area contributed by atoms with Crippen LogP contribution in [0.5, 0.6) is 0 Å². The van der Waals surface area contributed by atoms with Gasteiger partial charge in [0.2, 0.25) is 0 Å². The summed E-state index contributed by atoms with van der Waals surface area (Å²) >= 11 is 0. The normalized spacial score (nSPS) is 31.3. The summed E-state index contributed by atoms with van der Waals surface area (Å²) in [7, 11) is -2.67. The number of carbonyl (C=O) groups is 1. The molecule has 8 heteroatoms. The average Bonchev–Trinajstić information content (AvgIpc) is 3.62. The van der Waals surface area contributed by atoms with Crippen LogP contribution in [-0.4, -0.2) is 63.5 Å². The second kappa shape index (κ2) is 15.0. The van der Waals surface area contributed by atoms with E-state index in [1.165, 1.54) is 15.9 Å². The molecule has 3 fully saturated rings. The average molecular weight is 717 g/mol. The number of esters is 1. The van der Waals surface area contributed by atoms with E-state index in [9.17, 15) is 4.79 Å². The Balaban J connectivity index is 1.08. The quantitative estimate of drug-likeness (QED) is 0.107. The first kappa shape index (κ1) is 38.1. The standard InChI is InChI=1S/C43H60O7Si/c1-31-26-33(18-12-11-17-25-45-39(44)40(3,4)5)48-42(29-31)23-24-43(50-42)32(2)27-37-38(49-43)28-34(47-37)30-46-51(41(6,7)8,35-19-13-9-14-20-35)36-21-15-10-16-22-36/h9-10,12-16,18-22,26,32-34,37-38H,11,17,23-25,27-30H2,1-8H3/b18-12+/t32-,33-,34+,37-,38-,42-,43-/m1/s1. The molecule has 0 N–H and O–H groups in total. The summed E-state index contributed by atoms with van der Waals surface area (Å²) in [5.74, 6) is -1.40. The van der Waals surface area contributed by atoms with Gasteiger partial charge in [-0.25, -0.2) is 0 Å². The van der Waals surface area contributed by atoms with Crippen molar-refractivity contribution in [3.05, 3.63) is 84.5 Å². The lowest BCUT2D eigenvalue weighted by Crippen LogP contribution is -2.67. The summed E-state index contributed by atoms with van der Waals surface area (Å²) in [6.07, 6.45) is 11.7. The van der Waals surface area contributed by atoms with Crippen LogP contribution in [0, 0.1) is 11.3 Å². The van der Waals surface area contributed by atoms with Crippen molar-refractivity contribution in [3.63, 3.8) is 0 Å². The van der Waals surface area contributed by atoms with Gasteiger partial charge in [0.25, 0.3) is 8.32 Å². The highest BCUT2D eigenvalue weighted by Crippen LogP contribution is 2.53. The van der Waals surface area contributed by atoms with E-state index in [4.69, 9.17) is 28.1 Å². The van der Waals surface area contributed by atoms with Crippen molar-refractivity contribution in [1.29, 1.82) is 0 Å². The summed E-state index contributed by atoms with van der Waals surface area (Å²) in [6, 6.07) is 21.6. The Labute approximate surface area is 307 Å². The van der Waals surface area contributed by atoms with Gasteiger partial charge in [0, 0.05) is 31.6 Å². The van der Waals surface area contributed by atoms with E-state index in [0.29, 0.717) is 13.2 Å². The zero-order valence-electron chi connectivity index (χ0n) is 32.1. The van der Waals surface area contributed by atoms with Crippen LogP contribution < -0.4 is 10.4 Å². The van der Waals surface area contributed by atoms with Crippen molar-refractivity contribution in [2.75, 3.05) is 13.2 Å². The zero-order valence-corrected chi connectivity index (χ0v) is 33.1. The molecule has 2 aromatic carbocycles. The van der Waals surface area contributed by atoms with Crippen LogP contribution in [0.2, 0.25) is 5.04 Å². The highest BCUT2D eigenvalue weighted by atomic mass is 28.4. The molecule has 0 amide bonds. The number of allylic oxidation sites excluding steroid dienone is 1. The van der Waals surface area contributed by atoms with Crippen LogP contribution in [-0.2, 0) is 32.9 Å². The molecule has 4 aliphatic rings. The predicted molar refractivity (Wildman–Crippen MR) is 203 cm³/mol. The minimum atomic E-state index is -2.67. The molecule has 51 heavy (non-hydrogen) atoms. The highest BCUT2D eigenvalue weighted by Gasteiger charge is 2.60. The number of unbranched alkanes of at least 4 members (excludes halogenated alkanes) is 1. The van der Waals surface area contributed by atoms with Gasteiger partial charge >= 0.3 is 5.97 Å². The van der Waals surface area contributed by atoms with Gasteiger partial charge in [-0.15, -0.1) is 0 Å². The van der Waals surface area contributed by atoms with Crippen LogP contribution in [0.3, 0.4) is 0 Å². The number of carbonyl (C=O) groups excluding carboxylic acids is 1. The number of ether oxygens (including phenoxy) is 5. The third-order valence-corrected chi connectivity index (χ3v) is 16.1. The number of rotatable bonds is 10. The van der Waals surface area contributed by atoms with Gasteiger partial charge < -0.3 is 28.1 Å². The molecule has 0 bridgehead atoms. The molecule has 0 aliphatic carbocycles. The van der Waals surface area contributed by atoms with E-state index in [1.54, 1.807) is 0 Å². The van der Waals surface area contributed by atoms with Gasteiger partial charge in [-0.2, -0.15) is 0 Å². The molecule has 6 rings (SSSR count). The third-order valence-electron chi connectivity index (χ3n) is 11.1. The zero-order chi connectivity index (χ0) is 36.5. The lowest BCUT2D eigenvalue weighted by molar-refractivity contribution is -0.366. The molecule has 4 heterocycles. The molecule has 7 atom stereocenters. The third kappa shape index (κ3) is 8.17. The van der Waals surface area contributed by atoms with E-state index in [2.05, 4.69) is 114 Å². The smallest absolute Gasteiger partial charge is 0.311 e. The highest BCUT2D eigenvalue weighted by molar-refractivity contribution is 6.99. The fraction of sp³-hybridized carbons (Fsp3) is 0.605. The van der Waals surface area contributed by atoms with Gasteiger partial charge in [0.15, 0.2) is 11.6 Å². The van der Waals surface area contributed by atoms with Crippen LogP contribution >= 0.6 is 0 Å². The minimum absolute atomic E-state index is 0.0192. The van der Waals surface area contributed by atoms with Crippen LogP contribution in [0.25, 0.3) is 0 Å². The Hall–Kier alpha value is -2.59. The maximum absolute atomic E-state index is 12.0. The second-order valence-electron chi connectivity index (χ2n) is 17.4. The van der Waals surface area contributed by atoms with Crippen LogP contribution in [0.1, 0.15) is 100 Å². The Morgan fingerprint density at radius 3 is 2.22 bits per heavy atom. The molecule has 0 saturated carbocycles. The fourth-order valence-electron chi connectivity index (χ4n) is 8.53. The summed E-state index contributed by atoms with van der Waals surface area (Å²) in [5, 5.41) is 2.46. The van der Waals surface area contributed by atoms with E-state index in [1.807, 2.05) is 20.8 Å². The lowest BCUT2D eigenvalue weighted by Gasteiger charge is -2.46. The van der Waals surface area contributed by atoms with Crippen molar-refractivity contribution >= 4 is 24.7 Å². The molecule has 0 radical (unpaired) electrons. The van der Waals surface area contributed by atoms with Crippen molar-refractivity contribution < 1.29 is 32.9 Å². The maximum atomic E-state index is 12.0. The lowest BCUT2D eigenvalue weighted by atomic mass is 9.86. The summed E-state index contributed by atoms with van der Waals surface area (Å²) in [5.41, 5.74) is 0.784. The Kier molecular flexibility index (Phi) is 11.2. The molecular weight excluding hydrogens is 657 g/mol. The number of hydrogen-bond donors (Lipinski definition) is 0. The molecule has 2 spiro atoms. The van der Waals surface area contributed by atoms with Gasteiger partial charge in [0.1, 0.15) is 0 Å². The first-order chi connectivity index (χ1) is 24.1. The van der Waals surface area contributed by atoms with E-state index < -0.39 is 25.3 Å². The van der Waals surface area contributed by atoms with E-state index >= 15 is 0 Å². The van der Waals surface area contributed by atoms with E-state index in [0.717, 1.165) is 44.9 Å². The van der Waals surface area contributed by atoms with Crippen LogP contribution in [0.15, 0.2) is 84.5 Å². The Morgan fingerprint density at radius 2 is 1.59 bits per heavy atom. The van der Waals surface area contributed by atoms with Crippen LogP contribution in [0.4, 0.5) is 0 Å². The topological polar surface area (TPSA) is 72.5 Å². The molecular formula is C43H60O7Si. The summed E-state index contributed by atoms with van der Waals surface area (Å²) in [4.78, 5) is 12.0. The number of benzene rings is 2. The van der Waals surface area contributed by atoms with Gasteiger partial charge in [0.05, 0.1) is 43.0 Å². The monoisotopic (exact) mass is 716 g/mol. The predicted octanol–water partition coefficient (Wildman–Crippen LogP) is 8.01. The summed E-state index contributed by atoms with van der Waals surface area (Å²) < 4.78 is 40.1. The molecule has 7 nitrogen and oxygen atoms in total. The Bertz CT molecular complexity index is 1500. The van der Waals surface area contributed by atoms with Crippen molar-refractivity contribution in [1.82, 2.24) is 0 Å². The molecule has 278 valence electrons. The molecule has 0 aromatic heterocycles. The Morgan fingerprint density at radius 1 is 0.922 bits per heavy atom. The maximum Gasteiger partial charge on any atom is 0.311 e. The molecule has 4 aliphatic heterocycles. The number of hydrogen-bond acceptors (Lipinski definition) is 7. The largest absolute Gasteiger partial charge is 0.465 e. The molecule has 2 aromatic rings. The summed E-state index contributed by atoms with van der Waals surface area (Å²) in [6.45, 7) is 17.9. The van der Waals surface area contributed by atoms with Gasteiger partial charge in [-0.1, -0.05) is 112 Å². The number of fused-ring (bicyclic) bond motifs is 1. The van der Waals surface area contributed by atoms with Crippen molar-refractivity contribution in [2.45, 2.75) is 141 Å². The molecule has 3 saturated heterocycles. The van der Waals surface area contributed by atoms with Crippen molar-refractivity contribution in [3.8, 4) is 0 Å². The van der Waals surface area contributed by atoms with Gasteiger partial charge in [-0.05, 0) is 62.4 Å². The van der Waals surface area contributed by atoms with E-state index in [-0.39, 0.29) is 41.3 Å². The first-order valence-electron chi connectivity index (χ1n) is 19.1. The van der Waals surface area contributed by atoms with Crippen molar-refractivity contribution in [2.24, 2.45) is 11.3 Å². The SMILES string of the molecule is CC1=C[C@@H](/C=C/CCCOC(=O)C(C)(C)C)O[C@@]2(CC[C@@]3(O[C@@H]4C[C@@H](CO[Si](c5ccccc5)(c5ccccc5)C(C)(C)C)O[C@@H]4C[C@H]3C)O2)C1. The molecule has 0 unspecified atom stereocenters. The second-order valence-corrected chi connectivity index (χ2v) is 21.7. The van der Waals surface area contributed by atoms with Gasteiger partial charge in [-0.3, -0.25) is 4.79 Å².